The maximum absolute atomic E-state index is 13.2. The maximum Gasteiger partial charge on any atom is 0.255 e. The fourth-order valence-electron chi connectivity index (χ4n) is 2.44. The van der Waals surface area contributed by atoms with Gasteiger partial charge in [0.2, 0.25) is 0 Å². The number of ether oxygens (including phenoxy) is 2. The molecule has 3 aromatic rings. The fraction of sp³-hybridized carbons (Fsp3) is 0.0952. The van der Waals surface area contributed by atoms with Gasteiger partial charge in [-0.15, -0.1) is 0 Å². The van der Waals surface area contributed by atoms with E-state index in [0.29, 0.717) is 29.4 Å². The molecule has 0 saturated heterocycles. The van der Waals surface area contributed by atoms with Gasteiger partial charge in [-0.2, -0.15) is 0 Å². The Balaban J connectivity index is 1.72. The third kappa shape index (κ3) is 4.77. The normalized spacial score (nSPS) is 10.3. The second-order valence-corrected chi connectivity index (χ2v) is 6.13. The van der Waals surface area contributed by atoms with Crippen LogP contribution in [0.15, 0.2) is 66.7 Å². The number of halogens is 2. The lowest BCUT2D eigenvalue weighted by Gasteiger charge is -2.12. The van der Waals surface area contributed by atoms with Gasteiger partial charge in [-0.05, 0) is 42.0 Å². The van der Waals surface area contributed by atoms with Crippen molar-refractivity contribution in [3.05, 3.63) is 88.7 Å². The molecule has 0 fully saturated rings. The molecule has 0 unspecified atom stereocenters. The highest BCUT2D eigenvalue weighted by molar-refractivity contribution is 6.31. The van der Waals surface area contributed by atoms with E-state index in [2.05, 4.69) is 5.32 Å². The van der Waals surface area contributed by atoms with Crippen LogP contribution in [0, 0.1) is 5.82 Å². The molecule has 1 N–H and O–H groups in total. The number of benzene rings is 3. The van der Waals surface area contributed by atoms with E-state index >= 15 is 0 Å². The van der Waals surface area contributed by atoms with E-state index in [1.807, 2.05) is 30.3 Å². The number of carbonyl (C=O) groups excluding carboxylic acids is 1. The molecule has 3 aromatic carbocycles. The minimum atomic E-state index is -0.545. The second kappa shape index (κ2) is 8.56. The number of methoxy groups -OCH3 is 1. The lowest BCUT2D eigenvalue weighted by atomic mass is 10.1. The van der Waals surface area contributed by atoms with E-state index in [9.17, 15) is 9.18 Å². The highest BCUT2D eigenvalue weighted by Crippen LogP contribution is 2.29. The van der Waals surface area contributed by atoms with Crippen LogP contribution in [0.2, 0.25) is 5.02 Å². The van der Waals surface area contributed by atoms with Gasteiger partial charge in [0.25, 0.3) is 5.91 Å². The van der Waals surface area contributed by atoms with Crippen LogP contribution in [0.5, 0.6) is 11.5 Å². The molecule has 0 atom stereocenters. The molecule has 138 valence electrons. The molecule has 0 saturated carbocycles. The summed E-state index contributed by atoms with van der Waals surface area (Å²) in [5.41, 5.74) is 1.80. The van der Waals surface area contributed by atoms with Crippen molar-refractivity contribution in [1.82, 2.24) is 0 Å². The van der Waals surface area contributed by atoms with Crippen molar-refractivity contribution in [2.24, 2.45) is 0 Å². The Morgan fingerprint density at radius 2 is 1.81 bits per heavy atom. The molecule has 27 heavy (non-hydrogen) atoms. The smallest absolute Gasteiger partial charge is 0.255 e. The summed E-state index contributed by atoms with van der Waals surface area (Å²) < 4.78 is 24.3. The van der Waals surface area contributed by atoms with Gasteiger partial charge in [0.05, 0.1) is 12.1 Å². The number of carbonyl (C=O) groups is 1. The van der Waals surface area contributed by atoms with Gasteiger partial charge in [0, 0.05) is 11.3 Å². The van der Waals surface area contributed by atoms with Gasteiger partial charge in [-0.3, -0.25) is 4.79 Å². The summed E-state index contributed by atoms with van der Waals surface area (Å²) in [6.45, 7) is 0.386. The molecule has 0 spiro atoms. The average molecular weight is 386 g/mol. The van der Waals surface area contributed by atoms with E-state index in [-0.39, 0.29) is 10.9 Å². The van der Waals surface area contributed by atoms with Crippen molar-refractivity contribution < 1.29 is 18.7 Å². The Morgan fingerprint density at radius 1 is 1.04 bits per heavy atom. The third-order valence-electron chi connectivity index (χ3n) is 3.84. The lowest BCUT2D eigenvalue weighted by Crippen LogP contribution is -2.12. The predicted octanol–water partition coefficient (Wildman–Crippen LogP) is 5.32. The van der Waals surface area contributed by atoms with Crippen molar-refractivity contribution in [1.29, 1.82) is 0 Å². The molecular formula is C21H17ClFNO3. The standard InChI is InChI=1S/C21H17ClFNO3/c1-26-20-11-15(21(25)24-16-8-9-18(23)17(22)12-16)7-10-19(20)27-13-14-5-3-2-4-6-14/h2-12H,13H2,1H3,(H,24,25). The summed E-state index contributed by atoms with van der Waals surface area (Å²) in [6.07, 6.45) is 0. The largest absolute Gasteiger partial charge is 0.493 e. The van der Waals surface area contributed by atoms with Crippen LogP contribution in [0.25, 0.3) is 0 Å². The number of hydrogen-bond acceptors (Lipinski definition) is 3. The summed E-state index contributed by atoms with van der Waals surface area (Å²) in [5, 5.41) is 2.61. The minimum absolute atomic E-state index is 0.0601. The number of rotatable bonds is 6. The van der Waals surface area contributed by atoms with Crippen molar-refractivity contribution >= 4 is 23.2 Å². The Bertz CT molecular complexity index is 947. The van der Waals surface area contributed by atoms with E-state index in [1.54, 1.807) is 18.2 Å². The highest BCUT2D eigenvalue weighted by Gasteiger charge is 2.12. The van der Waals surface area contributed by atoms with E-state index in [0.717, 1.165) is 5.56 Å². The van der Waals surface area contributed by atoms with Crippen LogP contribution in [-0.2, 0) is 6.61 Å². The monoisotopic (exact) mass is 385 g/mol. The molecule has 0 aliphatic heterocycles. The van der Waals surface area contributed by atoms with E-state index in [4.69, 9.17) is 21.1 Å². The zero-order valence-corrected chi connectivity index (χ0v) is 15.3. The quantitative estimate of drug-likeness (QED) is 0.624. The summed E-state index contributed by atoms with van der Waals surface area (Å²) in [6, 6.07) is 18.6. The number of hydrogen-bond donors (Lipinski definition) is 1. The third-order valence-corrected chi connectivity index (χ3v) is 4.13. The maximum atomic E-state index is 13.2. The molecule has 4 nitrogen and oxygen atoms in total. The first-order valence-corrected chi connectivity index (χ1v) is 8.56. The SMILES string of the molecule is COc1cc(C(=O)Nc2ccc(F)c(Cl)c2)ccc1OCc1ccccc1. The van der Waals surface area contributed by atoms with Crippen LogP contribution in [-0.4, -0.2) is 13.0 Å². The van der Waals surface area contributed by atoms with Gasteiger partial charge in [-0.1, -0.05) is 41.9 Å². The molecule has 6 heteroatoms. The lowest BCUT2D eigenvalue weighted by molar-refractivity contribution is 0.102. The van der Waals surface area contributed by atoms with Gasteiger partial charge < -0.3 is 14.8 Å². The molecule has 0 heterocycles. The van der Waals surface area contributed by atoms with E-state index < -0.39 is 5.82 Å². The Morgan fingerprint density at radius 3 is 2.52 bits per heavy atom. The van der Waals surface area contributed by atoms with Crippen molar-refractivity contribution in [2.45, 2.75) is 6.61 Å². The average Bonchev–Trinajstić information content (AvgIpc) is 2.69. The molecule has 0 radical (unpaired) electrons. The summed E-state index contributed by atoms with van der Waals surface area (Å²) in [4.78, 5) is 12.4. The first-order chi connectivity index (χ1) is 13.1. The van der Waals surface area contributed by atoms with Crippen molar-refractivity contribution in [2.75, 3.05) is 12.4 Å². The first-order valence-electron chi connectivity index (χ1n) is 8.18. The summed E-state index contributed by atoms with van der Waals surface area (Å²) >= 11 is 5.73. The second-order valence-electron chi connectivity index (χ2n) is 5.72. The number of nitrogens with one attached hydrogen (secondary N) is 1. The first kappa shape index (κ1) is 18.7. The molecule has 3 rings (SSSR count). The molecular weight excluding hydrogens is 369 g/mol. The van der Waals surface area contributed by atoms with Gasteiger partial charge >= 0.3 is 0 Å². The van der Waals surface area contributed by atoms with Gasteiger partial charge in [0.1, 0.15) is 12.4 Å². The topological polar surface area (TPSA) is 47.6 Å². The van der Waals surface area contributed by atoms with Crippen LogP contribution >= 0.6 is 11.6 Å². The van der Waals surface area contributed by atoms with Crippen LogP contribution in [0.4, 0.5) is 10.1 Å². The fourth-order valence-corrected chi connectivity index (χ4v) is 2.62. The number of anilines is 1. The summed E-state index contributed by atoms with van der Waals surface area (Å²) in [5.74, 6) is 0.0558. The number of amides is 1. The van der Waals surface area contributed by atoms with Gasteiger partial charge in [-0.25, -0.2) is 4.39 Å². The predicted molar refractivity (Wildman–Crippen MR) is 103 cm³/mol. The molecule has 0 aromatic heterocycles. The minimum Gasteiger partial charge on any atom is -0.493 e. The van der Waals surface area contributed by atoms with Crippen LogP contribution < -0.4 is 14.8 Å². The molecule has 0 aliphatic carbocycles. The van der Waals surface area contributed by atoms with Crippen LogP contribution in [0.3, 0.4) is 0 Å². The Kier molecular flexibility index (Phi) is 5.94. The Hall–Kier alpha value is -3.05. The summed E-state index contributed by atoms with van der Waals surface area (Å²) in [7, 11) is 1.51. The van der Waals surface area contributed by atoms with Crippen molar-refractivity contribution in [3.63, 3.8) is 0 Å². The highest BCUT2D eigenvalue weighted by atomic mass is 35.5. The van der Waals surface area contributed by atoms with Crippen LogP contribution in [0.1, 0.15) is 15.9 Å². The van der Waals surface area contributed by atoms with Gasteiger partial charge in [0.15, 0.2) is 11.5 Å². The zero-order valence-electron chi connectivity index (χ0n) is 14.5. The van der Waals surface area contributed by atoms with E-state index in [1.165, 1.54) is 25.3 Å². The Labute approximate surface area is 161 Å². The molecule has 0 aliphatic rings. The zero-order chi connectivity index (χ0) is 19.2. The molecule has 1 amide bonds. The molecule has 0 bridgehead atoms. The van der Waals surface area contributed by atoms with Crippen molar-refractivity contribution in [3.8, 4) is 11.5 Å².